The van der Waals surface area contributed by atoms with E-state index in [1.165, 1.54) is 6.07 Å². The monoisotopic (exact) mass is 347 g/mol. The standard InChI is InChI=1S/C18H19F2N3O2/c19-13-5-6-15(14(20)11-13)21-18(25)12-22-7-9-23(10-8-22)16-3-1-2-4-17(16)24/h1-6,11,24H,7-10,12H2,(H,21,25). The molecule has 1 fully saturated rings. The maximum atomic E-state index is 13.6. The number of hydrogen-bond acceptors (Lipinski definition) is 4. The predicted octanol–water partition coefficient (Wildman–Crippen LogP) is 2.43. The molecule has 1 amide bonds. The van der Waals surface area contributed by atoms with Crippen molar-refractivity contribution < 1.29 is 18.7 Å². The molecule has 0 bridgehead atoms. The quantitative estimate of drug-likeness (QED) is 0.892. The van der Waals surface area contributed by atoms with Crippen LogP contribution < -0.4 is 10.2 Å². The van der Waals surface area contributed by atoms with Crippen molar-refractivity contribution in [2.45, 2.75) is 0 Å². The summed E-state index contributed by atoms with van der Waals surface area (Å²) >= 11 is 0. The number of piperazine rings is 1. The normalized spacial score (nSPS) is 15.2. The van der Waals surface area contributed by atoms with E-state index < -0.39 is 11.6 Å². The van der Waals surface area contributed by atoms with Crippen molar-refractivity contribution in [3.05, 3.63) is 54.1 Å². The summed E-state index contributed by atoms with van der Waals surface area (Å²) in [6, 6.07) is 10.2. The van der Waals surface area contributed by atoms with Gasteiger partial charge in [-0.3, -0.25) is 9.69 Å². The molecule has 2 aromatic carbocycles. The highest BCUT2D eigenvalue weighted by atomic mass is 19.1. The third kappa shape index (κ3) is 4.24. The minimum absolute atomic E-state index is 0.0285. The molecule has 0 unspecified atom stereocenters. The molecule has 1 aliphatic heterocycles. The third-order valence-corrected chi connectivity index (χ3v) is 4.17. The largest absolute Gasteiger partial charge is 0.506 e. The average Bonchev–Trinajstić information content (AvgIpc) is 2.59. The number of phenolic OH excluding ortho intramolecular Hbond substituents is 1. The summed E-state index contributed by atoms with van der Waals surface area (Å²) in [4.78, 5) is 16.1. The number of carbonyl (C=O) groups excluding carboxylic acids is 1. The topological polar surface area (TPSA) is 55.8 Å². The zero-order valence-corrected chi connectivity index (χ0v) is 13.6. The van der Waals surface area contributed by atoms with Gasteiger partial charge in [0.1, 0.15) is 17.4 Å². The molecule has 2 N–H and O–H groups in total. The summed E-state index contributed by atoms with van der Waals surface area (Å²) in [6.07, 6.45) is 0. The van der Waals surface area contributed by atoms with Crippen LogP contribution >= 0.6 is 0 Å². The van der Waals surface area contributed by atoms with E-state index in [1.807, 2.05) is 17.0 Å². The van der Waals surface area contributed by atoms with Crippen LogP contribution in [0.25, 0.3) is 0 Å². The lowest BCUT2D eigenvalue weighted by atomic mass is 10.2. The van der Waals surface area contributed by atoms with Gasteiger partial charge in [0.2, 0.25) is 5.91 Å². The molecule has 2 aromatic rings. The zero-order valence-electron chi connectivity index (χ0n) is 13.6. The summed E-state index contributed by atoms with van der Waals surface area (Å²) in [5.74, 6) is -1.59. The van der Waals surface area contributed by atoms with Gasteiger partial charge in [-0.05, 0) is 24.3 Å². The second-order valence-corrected chi connectivity index (χ2v) is 5.92. The molecule has 7 heteroatoms. The van der Waals surface area contributed by atoms with Crippen LogP contribution in [0.15, 0.2) is 42.5 Å². The van der Waals surface area contributed by atoms with E-state index in [1.54, 1.807) is 12.1 Å². The highest BCUT2D eigenvalue weighted by Crippen LogP contribution is 2.27. The predicted molar refractivity (Wildman–Crippen MR) is 91.7 cm³/mol. The molecule has 25 heavy (non-hydrogen) atoms. The number of halogens is 2. The van der Waals surface area contributed by atoms with Gasteiger partial charge in [-0.1, -0.05) is 12.1 Å². The van der Waals surface area contributed by atoms with Gasteiger partial charge >= 0.3 is 0 Å². The molecule has 1 heterocycles. The van der Waals surface area contributed by atoms with Gasteiger partial charge in [0.25, 0.3) is 0 Å². The first-order chi connectivity index (χ1) is 12.0. The van der Waals surface area contributed by atoms with Gasteiger partial charge in [0, 0.05) is 32.2 Å². The van der Waals surface area contributed by atoms with Crippen LogP contribution in [0.2, 0.25) is 0 Å². The maximum absolute atomic E-state index is 13.6. The molecule has 0 radical (unpaired) electrons. The molecule has 1 saturated heterocycles. The van der Waals surface area contributed by atoms with Crippen molar-refractivity contribution in [2.75, 3.05) is 42.9 Å². The smallest absolute Gasteiger partial charge is 0.238 e. The van der Waals surface area contributed by atoms with E-state index in [9.17, 15) is 18.7 Å². The number of carbonyl (C=O) groups is 1. The van der Waals surface area contributed by atoms with Crippen molar-refractivity contribution in [3.8, 4) is 5.75 Å². The summed E-state index contributed by atoms with van der Waals surface area (Å²) in [7, 11) is 0. The van der Waals surface area contributed by atoms with Crippen molar-refractivity contribution in [1.29, 1.82) is 0 Å². The second-order valence-electron chi connectivity index (χ2n) is 5.92. The molecule has 3 rings (SSSR count). The molecule has 0 aliphatic carbocycles. The third-order valence-electron chi connectivity index (χ3n) is 4.17. The van der Waals surface area contributed by atoms with E-state index in [0.717, 1.165) is 17.8 Å². The number of rotatable bonds is 4. The van der Waals surface area contributed by atoms with Crippen molar-refractivity contribution >= 4 is 17.3 Å². The van der Waals surface area contributed by atoms with Gasteiger partial charge in [-0.25, -0.2) is 8.78 Å². The molecule has 1 aliphatic rings. The lowest BCUT2D eigenvalue weighted by Crippen LogP contribution is -2.48. The Bertz CT molecular complexity index is 762. The Hall–Kier alpha value is -2.67. The fourth-order valence-corrected chi connectivity index (χ4v) is 2.86. The molecule has 5 nitrogen and oxygen atoms in total. The first kappa shape index (κ1) is 17.2. The van der Waals surface area contributed by atoms with E-state index >= 15 is 0 Å². The van der Waals surface area contributed by atoms with Crippen LogP contribution in [0.5, 0.6) is 5.75 Å². The van der Waals surface area contributed by atoms with Gasteiger partial charge in [0.15, 0.2) is 0 Å². The van der Waals surface area contributed by atoms with Crippen molar-refractivity contribution in [2.24, 2.45) is 0 Å². The van der Waals surface area contributed by atoms with Crippen LogP contribution in [0.4, 0.5) is 20.2 Å². The fraction of sp³-hybridized carbons (Fsp3) is 0.278. The molecule has 0 aromatic heterocycles. The Morgan fingerprint density at radius 2 is 1.80 bits per heavy atom. The SMILES string of the molecule is O=C(CN1CCN(c2ccccc2O)CC1)Nc1ccc(F)cc1F. The van der Waals surface area contributed by atoms with E-state index in [4.69, 9.17) is 0 Å². The number of phenols is 1. The molecular formula is C18H19F2N3O2. The van der Waals surface area contributed by atoms with E-state index in [-0.39, 0.29) is 23.9 Å². The zero-order chi connectivity index (χ0) is 17.8. The molecule has 0 spiro atoms. The van der Waals surface area contributed by atoms with Crippen LogP contribution in [-0.2, 0) is 4.79 Å². The molecular weight excluding hydrogens is 328 g/mol. The van der Waals surface area contributed by atoms with E-state index in [0.29, 0.717) is 26.2 Å². The number of benzene rings is 2. The number of hydrogen-bond donors (Lipinski definition) is 2. The summed E-state index contributed by atoms with van der Waals surface area (Å²) in [6.45, 7) is 2.78. The van der Waals surface area contributed by atoms with Gasteiger partial charge < -0.3 is 15.3 Å². The Morgan fingerprint density at radius 3 is 2.48 bits per heavy atom. The van der Waals surface area contributed by atoms with Gasteiger partial charge in [-0.15, -0.1) is 0 Å². The number of nitrogens with zero attached hydrogens (tertiary/aromatic N) is 2. The summed E-state index contributed by atoms with van der Waals surface area (Å²) in [5, 5.41) is 12.4. The number of anilines is 2. The highest BCUT2D eigenvalue weighted by Gasteiger charge is 2.21. The van der Waals surface area contributed by atoms with E-state index in [2.05, 4.69) is 10.2 Å². The molecule has 0 saturated carbocycles. The summed E-state index contributed by atoms with van der Waals surface area (Å²) in [5.41, 5.74) is 0.749. The lowest BCUT2D eigenvalue weighted by Gasteiger charge is -2.35. The maximum Gasteiger partial charge on any atom is 0.238 e. The Labute approximate surface area is 144 Å². The van der Waals surface area contributed by atoms with Crippen LogP contribution in [0, 0.1) is 11.6 Å². The minimum Gasteiger partial charge on any atom is -0.506 e. The fourth-order valence-electron chi connectivity index (χ4n) is 2.86. The highest BCUT2D eigenvalue weighted by molar-refractivity contribution is 5.92. The van der Waals surface area contributed by atoms with Crippen molar-refractivity contribution in [3.63, 3.8) is 0 Å². The van der Waals surface area contributed by atoms with Crippen LogP contribution in [0.3, 0.4) is 0 Å². The van der Waals surface area contributed by atoms with Gasteiger partial charge in [-0.2, -0.15) is 0 Å². The Morgan fingerprint density at radius 1 is 1.08 bits per heavy atom. The second kappa shape index (κ2) is 7.48. The first-order valence-electron chi connectivity index (χ1n) is 8.03. The number of aromatic hydroxyl groups is 1. The Balaban J connectivity index is 1.52. The lowest BCUT2D eigenvalue weighted by molar-refractivity contribution is -0.117. The number of nitrogens with one attached hydrogen (secondary N) is 1. The summed E-state index contributed by atoms with van der Waals surface area (Å²) < 4.78 is 26.4. The Kier molecular flexibility index (Phi) is 5.14. The van der Waals surface area contributed by atoms with Crippen LogP contribution in [-0.4, -0.2) is 48.6 Å². The molecule has 132 valence electrons. The average molecular weight is 347 g/mol. The van der Waals surface area contributed by atoms with Gasteiger partial charge in [0.05, 0.1) is 17.9 Å². The number of para-hydroxylation sites is 2. The molecule has 0 atom stereocenters. The minimum atomic E-state index is -0.794. The van der Waals surface area contributed by atoms with Crippen LogP contribution in [0.1, 0.15) is 0 Å². The van der Waals surface area contributed by atoms with Crippen molar-refractivity contribution in [1.82, 2.24) is 4.90 Å². The number of amides is 1. The first-order valence-corrected chi connectivity index (χ1v) is 8.03.